The summed E-state index contributed by atoms with van der Waals surface area (Å²) in [4.78, 5) is 17.1. The Morgan fingerprint density at radius 1 is 1.29 bits per heavy atom. The minimum absolute atomic E-state index is 0.101. The summed E-state index contributed by atoms with van der Waals surface area (Å²) >= 11 is 5.96. The van der Waals surface area contributed by atoms with Crippen molar-refractivity contribution in [2.45, 2.75) is 26.3 Å². The van der Waals surface area contributed by atoms with Crippen LogP contribution in [0.25, 0.3) is 10.9 Å². The summed E-state index contributed by atoms with van der Waals surface area (Å²) in [6, 6.07) is 7.26. The van der Waals surface area contributed by atoms with Crippen LogP contribution in [0.1, 0.15) is 22.8 Å². The molecule has 0 aliphatic carbocycles. The summed E-state index contributed by atoms with van der Waals surface area (Å²) in [6.45, 7) is 4.04. The van der Waals surface area contributed by atoms with Crippen LogP contribution in [-0.4, -0.2) is 14.7 Å². The Labute approximate surface area is 126 Å². The average molecular weight is 304 g/mol. The fourth-order valence-electron chi connectivity index (χ4n) is 2.36. The molecule has 0 bridgehead atoms. The lowest BCUT2D eigenvalue weighted by atomic mass is 10.2. The van der Waals surface area contributed by atoms with Gasteiger partial charge in [0.15, 0.2) is 0 Å². The Balaban J connectivity index is 2.22. The SMILES string of the molecule is Cc1noc(C)c1Cn1c(CCl)nc2ccccc2c1=O. The van der Waals surface area contributed by atoms with E-state index >= 15 is 0 Å². The van der Waals surface area contributed by atoms with Crippen LogP contribution in [0.3, 0.4) is 0 Å². The minimum Gasteiger partial charge on any atom is -0.361 e. The molecule has 0 atom stereocenters. The zero-order valence-electron chi connectivity index (χ0n) is 11.8. The first-order valence-electron chi connectivity index (χ1n) is 6.58. The maximum atomic E-state index is 12.7. The number of benzene rings is 1. The van der Waals surface area contributed by atoms with Gasteiger partial charge in [-0.15, -0.1) is 11.6 Å². The molecule has 1 aromatic carbocycles. The molecule has 0 fully saturated rings. The number of para-hydroxylation sites is 1. The molecule has 5 nitrogen and oxygen atoms in total. The number of hydrogen-bond acceptors (Lipinski definition) is 4. The molecule has 0 aliphatic heterocycles. The van der Waals surface area contributed by atoms with Gasteiger partial charge >= 0.3 is 0 Å². The molecule has 0 spiro atoms. The van der Waals surface area contributed by atoms with Gasteiger partial charge in [0.25, 0.3) is 5.56 Å². The summed E-state index contributed by atoms with van der Waals surface area (Å²) in [7, 11) is 0. The van der Waals surface area contributed by atoms with Crippen LogP contribution in [0.5, 0.6) is 0 Å². The highest BCUT2D eigenvalue weighted by Gasteiger charge is 2.15. The van der Waals surface area contributed by atoms with E-state index in [0.29, 0.717) is 29.0 Å². The Kier molecular flexibility index (Phi) is 3.51. The normalized spacial score (nSPS) is 11.2. The summed E-state index contributed by atoms with van der Waals surface area (Å²) in [5.41, 5.74) is 2.22. The van der Waals surface area contributed by atoms with Gasteiger partial charge in [-0.25, -0.2) is 4.98 Å². The Hall–Kier alpha value is -2.14. The number of halogens is 1. The van der Waals surface area contributed by atoms with Crippen LogP contribution in [0.4, 0.5) is 0 Å². The zero-order chi connectivity index (χ0) is 15.0. The van der Waals surface area contributed by atoms with Crippen LogP contribution >= 0.6 is 11.6 Å². The number of hydrogen-bond donors (Lipinski definition) is 0. The van der Waals surface area contributed by atoms with Crippen molar-refractivity contribution in [3.8, 4) is 0 Å². The van der Waals surface area contributed by atoms with Crippen molar-refractivity contribution in [3.05, 3.63) is 57.5 Å². The molecule has 2 heterocycles. The lowest BCUT2D eigenvalue weighted by molar-refractivity contribution is 0.392. The topological polar surface area (TPSA) is 60.9 Å². The van der Waals surface area contributed by atoms with Crippen molar-refractivity contribution in [1.29, 1.82) is 0 Å². The highest BCUT2D eigenvalue weighted by Crippen LogP contribution is 2.16. The third-order valence-electron chi connectivity index (χ3n) is 3.56. The molecule has 3 aromatic rings. The second-order valence-corrected chi connectivity index (χ2v) is 5.14. The maximum Gasteiger partial charge on any atom is 0.261 e. The van der Waals surface area contributed by atoms with E-state index in [1.165, 1.54) is 0 Å². The summed E-state index contributed by atoms with van der Waals surface area (Å²) in [5.74, 6) is 1.41. The van der Waals surface area contributed by atoms with E-state index in [4.69, 9.17) is 16.1 Å². The van der Waals surface area contributed by atoms with Gasteiger partial charge < -0.3 is 4.52 Å². The second kappa shape index (κ2) is 5.33. The van der Waals surface area contributed by atoms with Gasteiger partial charge in [-0.05, 0) is 26.0 Å². The predicted molar refractivity (Wildman–Crippen MR) is 80.6 cm³/mol. The molecular weight excluding hydrogens is 290 g/mol. The zero-order valence-corrected chi connectivity index (χ0v) is 12.5. The molecule has 0 aliphatic rings. The van der Waals surface area contributed by atoms with E-state index in [0.717, 1.165) is 11.3 Å². The lowest BCUT2D eigenvalue weighted by Crippen LogP contribution is -2.25. The number of rotatable bonds is 3. The van der Waals surface area contributed by atoms with E-state index in [1.807, 2.05) is 32.0 Å². The number of aryl methyl sites for hydroxylation is 2. The van der Waals surface area contributed by atoms with E-state index in [1.54, 1.807) is 10.6 Å². The van der Waals surface area contributed by atoms with E-state index in [9.17, 15) is 4.79 Å². The molecule has 108 valence electrons. The van der Waals surface area contributed by atoms with Crippen molar-refractivity contribution in [3.63, 3.8) is 0 Å². The first kappa shape index (κ1) is 13.8. The largest absolute Gasteiger partial charge is 0.361 e. The van der Waals surface area contributed by atoms with Crippen molar-refractivity contribution in [2.75, 3.05) is 0 Å². The lowest BCUT2D eigenvalue weighted by Gasteiger charge is -2.11. The minimum atomic E-state index is -0.101. The van der Waals surface area contributed by atoms with Gasteiger partial charge in [0.1, 0.15) is 11.6 Å². The van der Waals surface area contributed by atoms with Crippen LogP contribution in [0, 0.1) is 13.8 Å². The van der Waals surface area contributed by atoms with Crippen LogP contribution < -0.4 is 5.56 Å². The first-order chi connectivity index (χ1) is 10.1. The molecule has 0 N–H and O–H groups in total. The Morgan fingerprint density at radius 3 is 2.71 bits per heavy atom. The fourth-order valence-corrected chi connectivity index (χ4v) is 2.57. The van der Waals surface area contributed by atoms with Crippen LogP contribution in [-0.2, 0) is 12.4 Å². The fraction of sp³-hybridized carbons (Fsp3) is 0.267. The number of aromatic nitrogens is 3. The van der Waals surface area contributed by atoms with Gasteiger partial charge in [-0.3, -0.25) is 9.36 Å². The maximum absolute atomic E-state index is 12.7. The monoisotopic (exact) mass is 303 g/mol. The summed E-state index contributed by atoms with van der Waals surface area (Å²) in [6.07, 6.45) is 0. The molecule has 0 amide bonds. The third kappa shape index (κ3) is 2.34. The molecule has 2 aromatic heterocycles. The number of nitrogens with zero attached hydrogens (tertiary/aromatic N) is 3. The van der Waals surface area contributed by atoms with Gasteiger partial charge in [0.2, 0.25) is 0 Å². The molecular formula is C15H14ClN3O2. The standard InChI is InChI=1S/C15H14ClN3O2/c1-9-12(10(2)21-18-9)8-19-14(7-16)17-13-6-4-3-5-11(13)15(19)20/h3-6H,7-8H2,1-2H3. The van der Waals surface area contributed by atoms with Crippen molar-refractivity contribution in [2.24, 2.45) is 0 Å². The molecule has 6 heteroatoms. The van der Waals surface area contributed by atoms with E-state index in [2.05, 4.69) is 10.1 Å². The summed E-state index contributed by atoms with van der Waals surface area (Å²) in [5, 5.41) is 4.50. The molecule has 0 unspecified atom stereocenters. The average Bonchev–Trinajstić information content (AvgIpc) is 2.81. The quantitative estimate of drug-likeness (QED) is 0.698. The molecule has 21 heavy (non-hydrogen) atoms. The smallest absolute Gasteiger partial charge is 0.261 e. The van der Waals surface area contributed by atoms with E-state index in [-0.39, 0.29) is 11.4 Å². The van der Waals surface area contributed by atoms with Gasteiger partial charge in [-0.2, -0.15) is 0 Å². The van der Waals surface area contributed by atoms with E-state index < -0.39 is 0 Å². The highest BCUT2D eigenvalue weighted by molar-refractivity contribution is 6.16. The Bertz CT molecular complexity index is 847. The Morgan fingerprint density at radius 2 is 2.05 bits per heavy atom. The number of alkyl halides is 1. The van der Waals surface area contributed by atoms with Crippen molar-refractivity contribution >= 4 is 22.5 Å². The highest BCUT2D eigenvalue weighted by atomic mass is 35.5. The number of fused-ring (bicyclic) bond motifs is 1. The second-order valence-electron chi connectivity index (χ2n) is 4.87. The summed E-state index contributed by atoms with van der Waals surface area (Å²) < 4.78 is 6.73. The molecule has 3 rings (SSSR count). The van der Waals surface area contributed by atoms with Gasteiger partial charge in [0, 0.05) is 5.56 Å². The molecule has 0 saturated carbocycles. The predicted octanol–water partition coefficient (Wildman–Crippen LogP) is 2.79. The molecule has 0 radical (unpaired) electrons. The van der Waals surface area contributed by atoms with Crippen molar-refractivity contribution in [1.82, 2.24) is 14.7 Å². The van der Waals surface area contributed by atoms with Crippen LogP contribution in [0.2, 0.25) is 0 Å². The van der Waals surface area contributed by atoms with Gasteiger partial charge in [-0.1, -0.05) is 17.3 Å². The third-order valence-corrected chi connectivity index (χ3v) is 3.80. The first-order valence-corrected chi connectivity index (χ1v) is 7.11. The van der Waals surface area contributed by atoms with Crippen molar-refractivity contribution < 1.29 is 4.52 Å². The van der Waals surface area contributed by atoms with Gasteiger partial charge in [0.05, 0.1) is 29.0 Å². The molecule has 0 saturated heterocycles. The van der Waals surface area contributed by atoms with Crippen LogP contribution in [0.15, 0.2) is 33.6 Å².